The summed E-state index contributed by atoms with van der Waals surface area (Å²) in [6.45, 7) is 3.90. The number of hydrogen-bond donors (Lipinski definition) is 1. The molecule has 0 aliphatic heterocycles. The minimum Gasteiger partial charge on any atom is -0.483 e. The third-order valence-corrected chi connectivity index (χ3v) is 4.31. The highest BCUT2D eigenvalue weighted by molar-refractivity contribution is 5.78. The van der Waals surface area contributed by atoms with Crippen molar-refractivity contribution in [3.63, 3.8) is 0 Å². The average Bonchev–Trinajstić information content (AvgIpc) is 3.06. The molecule has 1 amide bonds. The molecule has 0 spiro atoms. The lowest BCUT2D eigenvalue weighted by Gasteiger charge is -2.20. The summed E-state index contributed by atoms with van der Waals surface area (Å²) >= 11 is 0. The summed E-state index contributed by atoms with van der Waals surface area (Å²) in [6, 6.07) is 15.4. The highest BCUT2D eigenvalue weighted by atomic mass is 16.5. The fourth-order valence-electron chi connectivity index (χ4n) is 2.96. The number of carbonyl (C=O) groups excluding carboxylic acids is 1. The van der Waals surface area contributed by atoms with Crippen LogP contribution in [0.5, 0.6) is 5.75 Å². The minimum absolute atomic E-state index is 0.0422. The second-order valence-electron chi connectivity index (χ2n) is 6.32. The highest BCUT2D eigenvalue weighted by Gasteiger charge is 2.21. The molecule has 3 rings (SSSR count). The standard InChI is InChI=1S/C21H23N3O2/c1-15-8-7-9-16(2)20(15)26-14-18(25)23-19(17-10-5-4-6-11-17)21-22-12-13-24(21)3/h4-13,19H,14H2,1-3H3,(H,23,25)/t19-/m1/s1. The van der Waals surface area contributed by atoms with E-state index in [1.807, 2.05) is 80.2 Å². The molecule has 1 heterocycles. The van der Waals surface area contributed by atoms with Crippen molar-refractivity contribution >= 4 is 5.91 Å². The average molecular weight is 349 g/mol. The molecular formula is C21H23N3O2. The molecule has 0 unspecified atom stereocenters. The van der Waals surface area contributed by atoms with Gasteiger partial charge in [0.1, 0.15) is 17.6 Å². The molecule has 0 saturated carbocycles. The van der Waals surface area contributed by atoms with E-state index < -0.39 is 0 Å². The number of hydrogen-bond acceptors (Lipinski definition) is 3. The van der Waals surface area contributed by atoms with Crippen molar-refractivity contribution in [1.29, 1.82) is 0 Å². The number of carbonyl (C=O) groups is 1. The van der Waals surface area contributed by atoms with Gasteiger partial charge in [-0.1, -0.05) is 48.5 Å². The molecule has 1 N–H and O–H groups in total. The van der Waals surface area contributed by atoms with Crippen LogP contribution in [-0.4, -0.2) is 22.1 Å². The summed E-state index contributed by atoms with van der Waals surface area (Å²) < 4.78 is 7.68. The van der Waals surface area contributed by atoms with Crippen LogP contribution >= 0.6 is 0 Å². The van der Waals surface area contributed by atoms with Crippen molar-refractivity contribution < 1.29 is 9.53 Å². The number of aromatic nitrogens is 2. The fourth-order valence-corrected chi connectivity index (χ4v) is 2.96. The molecule has 0 fully saturated rings. The van der Waals surface area contributed by atoms with Gasteiger partial charge in [-0.15, -0.1) is 0 Å². The molecule has 0 saturated heterocycles. The fraction of sp³-hybridized carbons (Fsp3) is 0.238. The molecule has 1 aromatic heterocycles. The minimum atomic E-state index is -0.328. The second-order valence-corrected chi connectivity index (χ2v) is 6.32. The van der Waals surface area contributed by atoms with E-state index in [-0.39, 0.29) is 18.6 Å². The maximum absolute atomic E-state index is 12.6. The molecule has 0 bridgehead atoms. The Morgan fingerprint density at radius 3 is 2.42 bits per heavy atom. The third-order valence-electron chi connectivity index (χ3n) is 4.31. The summed E-state index contributed by atoms with van der Waals surface area (Å²) in [7, 11) is 1.91. The van der Waals surface area contributed by atoms with E-state index in [4.69, 9.17) is 4.74 Å². The number of nitrogens with one attached hydrogen (secondary N) is 1. The molecule has 0 aliphatic rings. The Morgan fingerprint density at radius 2 is 1.81 bits per heavy atom. The predicted molar refractivity (Wildman–Crippen MR) is 101 cm³/mol. The Kier molecular flexibility index (Phi) is 5.37. The zero-order chi connectivity index (χ0) is 18.5. The van der Waals surface area contributed by atoms with Crippen molar-refractivity contribution in [2.45, 2.75) is 19.9 Å². The van der Waals surface area contributed by atoms with E-state index in [0.717, 1.165) is 28.3 Å². The number of ether oxygens (including phenoxy) is 1. The lowest BCUT2D eigenvalue weighted by Crippen LogP contribution is -2.34. The van der Waals surface area contributed by atoms with Gasteiger partial charge >= 0.3 is 0 Å². The van der Waals surface area contributed by atoms with Crippen LogP contribution in [0.3, 0.4) is 0 Å². The number of nitrogens with zero attached hydrogens (tertiary/aromatic N) is 2. The van der Waals surface area contributed by atoms with Gasteiger partial charge in [0.2, 0.25) is 0 Å². The number of imidazole rings is 1. The molecule has 1 atom stereocenters. The number of amides is 1. The van der Waals surface area contributed by atoms with Gasteiger partial charge in [0.15, 0.2) is 6.61 Å². The van der Waals surface area contributed by atoms with E-state index >= 15 is 0 Å². The Hall–Kier alpha value is -3.08. The van der Waals surface area contributed by atoms with Crippen LogP contribution in [-0.2, 0) is 11.8 Å². The summed E-state index contributed by atoms with van der Waals surface area (Å²) in [5.41, 5.74) is 3.00. The zero-order valence-electron chi connectivity index (χ0n) is 15.3. The van der Waals surface area contributed by atoms with Crippen molar-refractivity contribution in [2.75, 3.05) is 6.61 Å². The maximum atomic E-state index is 12.6. The summed E-state index contributed by atoms with van der Waals surface area (Å²) in [4.78, 5) is 17.0. The monoisotopic (exact) mass is 349 g/mol. The summed E-state index contributed by atoms with van der Waals surface area (Å²) in [5, 5.41) is 3.04. The van der Waals surface area contributed by atoms with Crippen molar-refractivity contribution in [2.24, 2.45) is 7.05 Å². The summed E-state index contributed by atoms with van der Waals surface area (Å²) in [6.07, 6.45) is 3.59. The van der Waals surface area contributed by atoms with Gasteiger partial charge in [-0.05, 0) is 30.5 Å². The van der Waals surface area contributed by atoms with Gasteiger partial charge < -0.3 is 14.6 Å². The number of rotatable bonds is 6. The zero-order valence-corrected chi connectivity index (χ0v) is 15.3. The molecule has 3 aromatic rings. The SMILES string of the molecule is Cc1cccc(C)c1OCC(=O)N[C@H](c1ccccc1)c1nccn1C. The molecule has 5 nitrogen and oxygen atoms in total. The molecule has 0 aliphatic carbocycles. The number of benzene rings is 2. The van der Waals surface area contributed by atoms with Crippen LogP contribution in [0, 0.1) is 13.8 Å². The van der Waals surface area contributed by atoms with Crippen LogP contribution in [0.2, 0.25) is 0 Å². The van der Waals surface area contributed by atoms with Crippen LogP contribution < -0.4 is 10.1 Å². The molecule has 5 heteroatoms. The van der Waals surface area contributed by atoms with Gasteiger partial charge in [0.25, 0.3) is 5.91 Å². The highest BCUT2D eigenvalue weighted by Crippen LogP contribution is 2.23. The lowest BCUT2D eigenvalue weighted by molar-refractivity contribution is -0.123. The van der Waals surface area contributed by atoms with Crippen molar-refractivity contribution in [3.05, 3.63) is 83.4 Å². The lowest BCUT2D eigenvalue weighted by atomic mass is 10.1. The molecule has 134 valence electrons. The van der Waals surface area contributed by atoms with Gasteiger partial charge in [-0.2, -0.15) is 0 Å². The molecule has 2 aromatic carbocycles. The predicted octanol–water partition coefficient (Wildman–Crippen LogP) is 3.32. The Morgan fingerprint density at radius 1 is 1.12 bits per heavy atom. The van der Waals surface area contributed by atoms with Gasteiger partial charge in [0, 0.05) is 19.4 Å². The van der Waals surface area contributed by atoms with Gasteiger partial charge in [-0.25, -0.2) is 4.98 Å². The van der Waals surface area contributed by atoms with Crippen LogP contribution in [0.1, 0.15) is 28.6 Å². The van der Waals surface area contributed by atoms with Crippen LogP contribution in [0.4, 0.5) is 0 Å². The van der Waals surface area contributed by atoms with E-state index in [1.54, 1.807) is 6.20 Å². The van der Waals surface area contributed by atoms with Crippen LogP contribution in [0.15, 0.2) is 60.9 Å². The third kappa shape index (κ3) is 3.94. The smallest absolute Gasteiger partial charge is 0.258 e. The van der Waals surface area contributed by atoms with E-state index in [1.165, 1.54) is 0 Å². The van der Waals surface area contributed by atoms with E-state index in [2.05, 4.69) is 10.3 Å². The Balaban J connectivity index is 1.75. The largest absolute Gasteiger partial charge is 0.483 e. The molecular weight excluding hydrogens is 326 g/mol. The Labute approximate surface area is 153 Å². The van der Waals surface area contributed by atoms with Crippen LogP contribution in [0.25, 0.3) is 0 Å². The first kappa shape index (κ1) is 17.7. The Bertz CT molecular complexity index is 867. The number of para-hydroxylation sites is 1. The van der Waals surface area contributed by atoms with Crippen molar-refractivity contribution in [3.8, 4) is 5.75 Å². The quantitative estimate of drug-likeness (QED) is 0.743. The second kappa shape index (κ2) is 7.87. The van der Waals surface area contributed by atoms with Crippen molar-refractivity contribution in [1.82, 2.24) is 14.9 Å². The first-order valence-corrected chi connectivity index (χ1v) is 8.57. The van der Waals surface area contributed by atoms with Gasteiger partial charge in [0.05, 0.1) is 0 Å². The maximum Gasteiger partial charge on any atom is 0.258 e. The van der Waals surface area contributed by atoms with E-state index in [9.17, 15) is 4.79 Å². The van der Waals surface area contributed by atoms with E-state index in [0.29, 0.717) is 0 Å². The molecule has 0 radical (unpaired) electrons. The van der Waals surface area contributed by atoms with Gasteiger partial charge in [-0.3, -0.25) is 4.79 Å². The first-order valence-electron chi connectivity index (χ1n) is 8.57. The summed E-state index contributed by atoms with van der Waals surface area (Å²) in [5.74, 6) is 1.34. The topological polar surface area (TPSA) is 56.1 Å². The normalized spacial score (nSPS) is 11.8. The first-order chi connectivity index (χ1) is 12.6. The molecule has 26 heavy (non-hydrogen) atoms. The number of aryl methyl sites for hydroxylation is 3.